The molecule has 2 aromatic carbocycles. The van der Waals surface area contributed by atoms with Gasteiger partial charge in [-0.3, -0.25) is 9.59 Å². The van der Waals surface area contributed by atoms with Gasteiger partial charge in [0.2, 0.25) is 0 Å². The maximum absolute atomic E-state index is 13.0. The highest BCUT2D eigenvalue weighted by atomic mass is 79.9. The van der Waals surface area contributed by atoms with Crippen molar-refractivity contribution in [2.24, 2.45) is 5.92 Å². The van der Waals surface area contributed by atoms with Crippen LogP contribution < -0.4 is 4.74 Å². The smallest absolute Gasteiger partial charge is 0.324 e. The summed E-state index contributed by atoms with van der Waals surface area (Å²) in [6.45, 7) is 3.08. The van der Waals surface area contributed by atoms with Gasteiger partial charge in [-0.15, -0.1) is 0 Å². The van der Waals surface area contributed by atoms with E-state index in [-0.39, 0.29) is 0 Å². The fraction of sp³-hybridized carbons (Fsp3) is 0.273. The van der Waals surface area contributed by atoms with Gasteiger partial charge >= 0.3 is 11.9 Å². The molecule has 1 aliphatic heterocycles. The Morgan fingerprint density at radius 2 is 1.76 bits per heavy atom. The van der Waals surface area contributed by atoms with Crippen LogP contribution in [0.2, 0.25) is 0 Å². The standard InChI is InChI=1S/C22H20BrNO5/c1-22(2)28-20(25)19(21(26)29-22)18(14-10-12(23)8-9-17(14)27-3)15-11-24-16-7-5-4-6-13(15)16/h4-11,18-19,24H,1-3H3/t18-/m0/s1. The van der Waals surface area contributed by atoms with E-state index in [0.29, 0.717) is 11.3 Å². The minimum absolute atomic E-state index is 0.564. The minimum atomic E-state index is -1.29. The SMILES string of the molecule is COc1ccc(Br)cc1[C@@H](c1c[nH]c2ccccc12)C1C(=O)OC(C)(C)OC1=O. The number of halogens is 1. The Morgan fingerprint density at radius 1 is 1.07 bits per heavy atom. The van der Waals surface area contributed by atoms with Crippen LogP contribution in [0.5, 0.6) is 5.75 Å². The number of ether oxygens (including phenoxy) is 3. The van der Waals surface area contributed by atoms with Crippen LogP contribution in [0.4, 0.5) is 0 Å². The summed E-state index contributed by atoms with van der Waals surface area (Å²) >= 11 is 3.48. The number of carbonyl (C=O) groups excluding carboxylic acids is 2. The molecule has 4 rings (SSSR count). The summed E-state index contributed by atoms with van der Waals surface area (Å²) in [5.74, 6) is -3.79. The molecule has 150 valence electrons. The molecule has 29 heavy (non-hydrogen) atoms. The fourth-order valence-electron chi connectivity index (χ4n) is 3.83. The number of rotatable bonds is 4. The Balaban J connectivity index is 1.95. The first kappa shape index (κ1) is 19.5. The molecule has 1 fully saturated rings. The number of methoxy groups -OCH3 is 1. The Morgan fingerprint density at radius 3 is 2.45 bits per heavy atom. The third-order valence-electron chi connectivity index (χ3n) is 5.02. The summed E-state index contributed by atoms with van der Waals surface area (Å²) in [5, 5.41) is 0.907. The third-order valence-corrected chi connectivity index (χ3v) is 5.51. The predicted molar refractivity (Wildman–Crippen MR) is 111 cm³/mol. The number of hydrogen-bond donors (Lipinski definition) is 1. The summed E-state index contributed by atoms with van der Waals surface area (Å²) in [6, 6.07) is 13.2. The van der Waals surface area contributed by atoms with E-state index in [9.17, 15) is 9.59 Å². The Kier molecular flexibility index (Phi) is 4.86. The monoisotopic (exact) mass is 457 g/mol. The largest absolute Gasteiger partial charge is 0.496 e. The first-order valence-electron chi connectivity index (χ1n) is 9.16. The zero-order valence-electron chi connectivity index (χ0n) is 16.2. The van der Waals surface area contributed by atoms with Crippen molar-refractivity contribution in [1.29, 1.82) is 0 Å². The Hall–Kier alpha value is -2.80. The molecule has 1 atom stereocenters. The molecule has 1 aliphatic rings. The Labute approximate surface area is 176 Å². The molecule has 0 bridgehead atoms. The minimum Gasteiger partial charge on any atom is -0.496 e. The number of esters is 2. The number of hydrogen-bond acceptors (Lipinski definition) is 5. The van der Waals surface area contributed by atoms with E-state index in [1.54, 1.807) is 27.0 Å². The molecular weight excluding hydrogens is 438 g/mol. The lowest BCUT2D eigenvalue weighted by Gasteiger charge is -2.36. The molecular formula is C22H20BrNO5. The van der Waals surface area contributed by atoms with E-state index in [1.165, 1.54) is 0 Å². The van der Waals surface area contributed by atoms with Crippen LogP contribution >= 0.6 is 15.9 Å². The van der Waals surface area contributed by atoms with Crippen molar-refractivity contribution in [2.45, 2.75) is 25.6 Å². The van der Waals surface area contributed by atoms with Gasteiger partial charge in [0.15, 0.2) is 5.92 Å². The zero-order chi connectivity index (χ0) is 20.8. The number of para-hydroxylation sites is 1. The second-order valence-corrected chi connectivity index (χ2v) is 8.29. The maximum Gasteiger partial charge on any atom is 0.324 e. The van der Waals surface area contributed by atoms with Crippen LogP contribution in [0.1, 0.15) is 30.9 Å². The van der Waals surface area contributed by atoms with Crippen LogP contribution in [0.15, 0.2) is 53.1 Å². The molecule has 0 saturated carbocycles. The maximum atomic E-state index is 13.0. The van der Waals surface area contributed by atoms with Crippen molar-refractivity contribution < 1.29 is 23.8 Å². The second-order valence-electron chi connectivity index (χ2n) is 7.37. The van der Waals surface area contributed by atoms with Gasteiger partial charge in [0.05, 0.1) is 7.11 Å². The lowest BCUT2D eigenvalue weighted by Crippen LogP contribution is -2.48. The molecule has 1 N–H and O–H groups in total. The van der Waals surface area contributed by atoms with E-state index in [1.807, 2.05) is 42.6 Å². The van der Waals surface area contributed by atoms with Crippen LogP contribution in [-0.2, 0) is 19.1 Å². The average molecular weight is 458 g/mol. The highest BCUT2D eigenvalue weighted by Crippen LogP contribution is 2.44. The van der Waals surface area contributed by atoms with Gasteiger partial charge in [-0.05, 0) is 29.8 Å². The second kappa shape index (κ2) is 7.22. The van der Waals surface area contributed by atoms with Crippen LogP contribution in [0.25, 0.3) is 10.9 Å². The molecule has 1 saturated heterocycles. The van der Waals surface area contributed by atoms with Crippen molar-refractivity contribution in [3.63, 3.8) is 0 Å². The summed E-state index contributed by atoms with van der Waals surface area (Å²) in [4.78, 5) is 29.1. The molecule has 0 radical (unpaired) electrons. The first-order valence-corrected chi connectivity index (χ1v) is 9.95. The number of aromatic amines is 1. The van der Waals surface area contributed by atoms with E-state index in [4.69, 9.17) is 14.2 Å². The summed E-state index contributed by atoms with van der Waals surface area (Å²) in [6.07, 6.45) is 1.82. The highest BCUT2D eigenvalue weighted by Gasteiger charge is 2.49. The zero-order valence-corrected chi connectivity index (χ0v) is 17.8. The molecule has 3 aromatic rings. The molecule has 0 aliphatic carbocycles. The van der Waals surface area contributed by atoms with E-state index >= 15 is 0 Å². The number of benzene rings is 2. The molecule has 6 nitrogen and oxygen atoms in total. The van der Waals surface area contributed by atoms with Gasteiger partial charge in [-0.2, -0.15) is 0 Å². The fourth-order valence-corrected chi connectivity index (χ4v) is 4.21. The quantitative estimate of drug-likeness (QED) is 0.460. The van der Waals surface area contributed by atoms with E-state index in [0.717, 1.165) is 20.9 Å². The molecule has 0 spiro atoms. The number of H-pyrrole nitrogens is 1. The van der Waals surface area contributed by atoms with Gasteiger partial charge in [0.25, 0.3) is 5.79 Å². The van der Waals surface area contributed by atoms with Gasteiger partial charge in [-0.25, -0.2) is 0 Å². The number of aromatic nitrogens is 1. The predicted octanol–water partition coefficient (Wildman–Crippen LogP) is 4.52. The van der Waals surface area contributed by atoms with Crippen molar-refractivity contribution in [1.82, 2.24) is 4.98 Å². The summed E-state index contributed by atoms with van der Waals surface area (Å²) in [5.41, 5.74) is 2.38. The average Bonchev–Trinajstić information content (AvgIpc) is 3.07. The van der Waals surface area contributed by atoms with Gasteiger partial charge in [0.1, 0.15) is 5.75 Å². The van der Waals surface area contributed by atoms with Crippen molar-refractivity contribution in [2.75, 3.05) is 7.11 Å². The number of nitrogens with one attached hydrogen (secondary N) is 1. The Bertz CT molecular complexity index is 1080. The van der Waals surface area contributed by atoms with Crippen molar-refractivity contribution in [3.05, 3.63) is 64.3 Å². The third kappa shape index (κ3) is 3.51. The van der Waals surface area contributed by atoms with Gasteiger partial charge in [0, 0.05) is 46.9 Å². The molecule has 0 amide bonds. The van der Waals surface area contributed by atoms with E-state index < -0.39 is 29.6 Å². The molecule has 2 heterocycles. The number of fused-ring (bicyclic) bond motifs is 1. The molecule has 1 aromatic heterocycles. The van der Waals surface area contributed by atoms with Crippen LogP contribution in [0.3, 0.4) is 0 Å². The van der Waals surface area contributed by atoms with Crippen LogP contribution in [0, 0.1) is 5.92 Å². The first-order chi connectivity index (χ1) is 13.8. The van der Waals surface area contributed by atoms with Gasteiger partial charge in [-0.1, -0.05) is 34.1 Å². The topological polar surface area (TPSA) is 77.6 Å². The lowest BCUT2D eigenvalue weighted by molar-refractivity contribution is -0.240. The highest BCUT2D eigenvalue weighted by molar-refractivity contribution is 9.10. The normalized spacial score (nSPS) is 17.7. The summed E-state index contributed by atoms with van der Waals surface area (Å²) in [7, 11) is 1.56. The van der Waals surface area contributed by atoms with Crippen molar-refractivity contribution >= 4 is 38.8 Å². The number of carbonyl (C=O) groups is 2. The number of cyclic esters (lactones) is 2. The molecule has 7 heteroatoms. The summed E-state index contributed by atoms with van der Waals surface area (Å²) < 4.78 is 17.2. The van der Waals surface area contributed by atoms with Crippen molar-refractivity contribution in [3.8, 4) is 5.75 Å². The van der Waals surface area contributed by atoms with E-state index in [2.05, 4.69) is 20.9 Å². The van der Waals surface area contributed by atoms with Crippen LogP contribution in [-0.4, -0.2) is 29.8 Å². The lowest BCUT2D eigenvalue weighted by atomic mass is 9.79. The molecule has 0 unspecified atom stereocenters. The van der Waals surface area contributed by atoms with Gasteiger partial charge < -0.3 is 19.2 Å².